The van der Waals surface area contributed by atoms with Gasteiger partial charge in [0.1, 0.15) is 6.10 Å². The summed E-state index contributed by atoms with van der Waals surface area (Å²) in [5.74, 6) is 1.85. The summed E-state index contributed by atoms with van der Waals surface area (Å²) in [4.78, 5) is 13.2. The minimum Gasteiger partial charge on any atom is -0.493 e. The van der Waals surface area contributed by atoms with E-state index in [1.165, 1.54) is 12.1 Å². The molecular weight excluding hydrogens is 425 g/mol. The number of anilines is 2. The number of allylic oxidation sites excluding steroid dienone is 1. The van der Waals surface area contributed by atoms with Crippen LogP contribution >= 0.6 is 0 Å². The molecule has 2 aromatic rings. The molecule has 0 radical (unpaired) electrons. The zero-order valence-corrected chi connectivity index (χ0v) is 18.6. The lowest BCUT2D eigenvalue weighted by Crippen LogP contribution is -2.20. The Morgan fingerprint density at radius 1 is 1.33 bits per heavy atom. The predicted octanol–water partition coefficient (Wildman–Crippen LogP) is 5.38. The molecule has 3 rings (SSSR count). The average molecular weight is 454 g/mol. The molecule has 0 saturated carbocycles. The van der Waals surface area contributed by atoms with E-state index in [-0.39, 0.29) is 24.6 Å². The first-order valence-electron chi connectivity index (χ1n) is 10.3. The second kappa shape index (κ2) is 12.9. The summed E-state index contributed by atoms with van der Waals surface area (Å²) in [5, 5.41) is 9.31. The highest BCUT2D eigenvalue weighted by Crippen LogP contribution is 2.36. The first-order chi connectivity index (χ1) is 15.9. The van der Waals surface area contributed by atoms with E-state index in [0.717, 1.165) is 12.1 Å². The molecule has 1 heterocycles. The number of terminal acetylenes is 1. The normalized spacial score (nSPS) is 14.3. The fourth-order valence-corrected chi connectivity index (χ4v) is 3.16. The van der Waals surface area contributed by atoms with Crippen molar-refractivity contribution in [2.75, 3.05) is 31.8 Å². The zero-order valence-electron chi connectivity index (χ0n) is 18.6. The van der Waals surface area contributed by atoms with E-state index in [9.17, 15) is 14.3 Å². The van der Waals surface area contributed by atoms with Gasteiger partial charge in [-0.1, -0.05) is 25.1 Å². The number of carboxylic acids is 1. The van der Waals surface area contributed by atoms with E-state index < -0.39 is 11.8 Å². The minimum absolute atomic E-state index is 0.0615. The molecule has 1 unspecified atom stereocenters. The van der Waals surface area contributed by atoms with Gasteiger partial charge in [0.15, 0.2) is 11.5 Å². The van der Waals surface area contributed by atoms with Gasteiger partial charge in [-0.3, -0.25) is 0 Å². The van der Waals surface area contributed by atoms with Gasteiger partial charge in [-0.05, 0) is 36.4 Å². The Morgan fingerprint density at radius 2 is 2.06 bits per heavy atom. The number of methoxy groups -OCH3 is 1. The third-order valence-corrected chi connectivity index (χ3v) is 4.77. The highest BCUT2D eigenvalue weighted by atomic mass is 19.1. The standard InChI is InChI=1S/C22H24FNO5.C4H4/c1-15(23)8-10-24(17-5-3-4-16(12-17)22(25)26)18-6-7-20(27-2)21(13-18)29-19-9-11-28-14-19;1-3-4-2/h3-7,12-13,19H,1,8-11,14H2,2H3,(H,25,26);1,4H,2H2. The van der Waals surface area contributed by atoms with Crippen LogP contribution in [-0.4, -0.2) is 44.0 Å². The summed E-state index contributed by atoms with van der Waals surface area (Å²) in [5.41, 5.74) is 1.51. The van der Waals surface area contributed by atoms with Gasteiger partial charge in [-0.2, -0.15) is 0 Å². The summed E-state index contributed by atoms with van der Waals surface area (Å²) < 4.78 is 30.2. The van der Waals surface area contributed by atoms with Crippen LogP contribution in [0.15, 0.2) is 67.5 Å². The Balaban J connectivity index is 0.000000890. The monoisotopic (exact) mass is 453 g/mol. The lowest BCUT2D eigenvalue weighted by atomic mass is 10.1. The van der Waals surface area contributed by atoms with Crippen molar-refractivity contribution in [2.24, 2.45) is 0 Å². The van der Waals surface area contributed by atoms with Crippen LogP contribution in [0.1, 0.15) is 23.2 Å². The molecule has 1 aliphatic rings. The van der Waals surface area contributed by atoms with Gasteiger partial charge in [0.2, 0.25) is 0 Å². The molecule has 7 heteroatoms. The van der Waals surface area contributed by atoms with Crippen molar-refractivity contribution < 1.29 is 28.5 Å². The number of rotatable bonds is 9. The lowest BCUT2D eigenvalue weighted by molar-refractivity contribution is 0.0697. The molecule has 0 amide bonds. The van der Waals surface area contributed by atoms with Gasteiger partial charge >= 0.3 is 5.97 Å². The molecule has 6 nitrogen and oxygen atoms in total. The molecule has 174 valence electrons. The summed E-state index contributed by atoms with van der Waals surface area (Å²) in [6.07, 6.45) is 6.90. The summed E-state index contributed by atoms with van der Waals surface area (Å²) in [6, 6.07) is 11.9. The molecule has 0 spiro atoms. The zero-order chi connectivity index (χ0) is 24.2. The van der Waals surface area contributed by atoms with Crippen molar-refractivity contribution in [3.8, 4) is 23.8 Å². The number of hydrogen-bond donors (Lipinski definition) is 1. The molecule has 1 aliphatic heterocycles. The van der Waals surface area contributed by atoms with Gasteiger partial charge in [0, 0.05) is 36.8 Å². The van der Waals surface area contributed by atoms with Gasteiger partial charge in [-0.15, -0.1) is 6.42 Å². The van der Waals surface area contributed by atoms with Crippen LogP contribution in [0.4, 0.5) is 15.8 Å². The lowest BCUT2D eigenvalue weighted by Gasteiger charge is -2.26. The van der Waals surface area contributed by atoms with Crippen LogP contribution in [0.25, 0.3) is 0 Å². The molecular formula is C26H28FNO5. The third-order valence-electron chi connectivity index (χ3n) is 4.77. The Labute approximate surface area is 193 Å². The van der Waals surface area contributed by atoms with Crippen molar-refractivity contribution in [2.45, 2.75) is 18.9 Å². The third kappa shape index (κ3) is 7.70. The van der Waals surface area contributed by atoms with Gasteiger partial charge in [0.25, 0.3) is 0 Å². The SMILES string of the molecule is C#CC=C.C=C(F)CCN(c1cccc(C(=O)O)c1)c1ccc(OC)c(OC2CCOC2)c1. The van der Waals surface area contributed by atoms with E-state index in [0.29, 0.717) is 30.4 Å². The molecule has 1 fully saturated rings. The summed E-state index contributed by atoms with van der Waals surface area (Å²) in [6.45, 7) is 8.02. The number of ether oxygens (including phenoxy) is 3. The van der Waals surface area contributed by atoms with Crippen LogP contribution in [0.5, 0.6) is 11.5 Å². The largest absolute Gasteiger partial charge is 0.493 e. The molecule has 1 N–H and O–H groups in total. The van der Waals surface area contributed by atoms with Gasteiger partial charge in [-0.25, -0.2) is 9.18 Å². The smallest absolute Gasteiger partial charge is 0.335 e. The minimum atomic E-state index is -1.03. The fraction of sp³-hybridized carbons (Fsp3) is 0.269. The van der Waals surface area contributed by atoms with E-state index >= 15 is 0 Å². The molecule has 33 heavy (non-hydrogen) atoms. The fourth-order valence-electron chi connectivity index (χ4n) is 3.16. The van der Waals surface area contributed by atoms with Crippen LogP contribution in [0, 0.1) is 12.3 Å². The van der Waals surface area contributed by atoms with Crippen molar-refractivity contribution >= 4 is 17.3 Å². The molecule has 0 aliphatic carbocycles. The number of halogens is 1. The Morgan fingerprint density at radius 3 is 2.64 bits per heavy atom. The highest BCUT2D eigenvalue weighted by Gasteiger charge is 2.21. The first kappa shape index (κ1) is 25.5. The number of carbonyl (C=O) groups is 1. The molecule has 1 atom stereocenters. The Bertz CT molecular complexity index is 1010. The Kier molecular flexibility index (Phi) is 10.00. The maximum Gasteiger partial charge on any atom is 0.335 e. The van der Waals surface area contributed by atoms with Crippen LogP contribution in [0.3, 0.4) is 0 Å². The molecule has 2 aromatic carbocycles. The average Bonchev–Trinajstić information content (AvgIpc) is 3.32. The van der Waals surface area contributed by atoms with Crippen molar-refractivity contribution in [1.82, 2.24) is 0 Å². The molecule has 0 bridgehead atoms. The summed E-state index contributed by atoms with van der Waals surface area (Å²) in [7, 11) is 1.56. The van der Waals surface area contributed by atoms with Gasteiger partial charge < -0.3 is 24.2 Å². The van der Waals surface area contributed by atoms with E-state index in [4.69, 9.17) is 14.2 Å². The quantitative estimate of drug-likeness (QED) is 0.515. The second-order valence-corrected chi connectivity index (χ2v) is 7.08. The summed E-state index contributed by atoms with van der Waals surface area (Å²) >= 11 is 0. The van der Waals surface area contributed by atoms with Crippen molar-refractivity contribution in [3.63, 3.8) is 0 Å². The van der Waals surface area contributed by atoms with Gasteiger partial charge in [0.05, 0.1) is 31.7 Å². The number of nitrogens with zero attached hydrogens (tertiary/aromatic N) is 1. The predicted molar refractivity (Wildman–Crippen MR) is 127 cm³/mol. The van der Waals surface area contributed by atoms with Crippen molar-refractivity contribution in [1.29, 1.82) is 0 Å². The van der Waals surface area contributed by atoms with Crippen LogP contribution < -0.4 is 14.4 Å². The van der Waals surface area contributed by atoms with E-state index in [1.807, 2.05) is 17.0 Å². The second-order valence-electron chi connectivity index (χ2n) is 7.08. The maximum absolute atomic E-state index is 13.4. The number of carboxylic acid groups (broad SMARTS) is 1. The molecule has 0 aromatic heterocycles. The van der Waals surface area contributed by atoms with Crippen LogP contribution in [0.2, 0.25) is 0 Å². The topological polar surface area (TPSA) is 68.2 Å². The number of aromatic carboxylic acids is 1. The van der Waals surface area contributed by atoms with E-state index in [2.05, 4.69) is 25.5 Å². The number of benzene rings is 2. The van der Waals surface area contributed by atoms with Crippen molar-refractivity contribution in [3.05, 3.63) is 73.1 Å². The Hall–Kier alpha value is -3.76. The number of hydrogen-bond acceptors (Lipinski definition) is 5. The van der Waals surface area contributed by atoms with Crippen LogP contribution in [-0.2, 0) is 4.74 Å². The molecule has 1 saturated heterocycles. The first-order valence-corrected chi connectivity index (χ1v) is 10.3. The maximum atomic E-state index is 13.4. The highest BCUT2D eigenvalue weighted by molar-refractivity contribution is 5.89. The van der Waals surface area contributed by atoms with E-state index in [1.54, 1.807) is 31.4 Å².